The van der Waals surface area contributed by atoms with Crippen LogP contribution in [0.2, 0.25) is 0 Å². The van der Waals surface area contributed by atoms with Crippen LogP contribution < -0.4 is 24.8 Å². The fourth-order valence-corrected chi connectivity index (χ4v) is 2.48. The van der Waals surface area contributed by atoms with E-state index in [1.54, 1.807) is 12.1 Å². The number of benzene rings is 2. The highest BCUT2D eigenvalue weighted by atomic mass is 127. The first-order chi connectivity index (χ1) is 14.2. The lowest BCUT2D eigenvalue weighted by atomic mass is 10.2. The van der Waals surface area contributed by atoms with Crippen molar-refractivity contribution < 1.29 is 36.2 Å². The number of guanidine groups is 1. The molecule has 0 amide bonds. The Bertz CT molecular complexity index is 866. The third-order valence-corrected chi connectivity index (χ3v) is 3.77. The molecule has 0 radical (unpaired) electrons. The zero-order valence-corrected chi connectivity index (χ0v) is 18.8. The first-order valence-corrected chi connectivity index (χ1v) is 8.61. The number of halogens is 6. The monoisotopic (exact) mass is 561 g/mol. The summed E-state index contributed by atoms with van der Waals surface area (Å²) in [6, 6.07) is 10.2. The molecule has 2 aromatic carbocycles. The molecule has 0 heterocycles. The van der Waals surface area contributed by atoms with Crippen molar-refractivity contribution in [3.05, 3.63) is 53.6 Å². The molecule has 0 aliphatic rings. The molecule has 0 aliphatic carbocycles. The maximum absolute atomic E-state index is 12.5. The zero-order chi connectivity index (χ0) is 22.1. The molecule has 0 fully saturated rings. The maximum atomic E-state index is 12.5. The van der Waals surface area contributed by atoms with E-state index in [1.165, 1.54) is 44.5 Å². The number of hydrogen-bond donors (Lipinski definition) is 2. The van der Waals surface area contributed by atoms with Crippen molar-refractivity contribution >= 4 is 29.9 Å². The first-order valence-electron chi connectivity index (χ1n) is 8.61. The van der Waals surface area contributed by atoms with Gasteiger partial charge in [0.05, 0.1) is 7.11 Å². The Kier molecular flexibility index (Phi) is 10.6. The molecule has 0 unspecified atom stereocenters. The average Bonchev–Trinajstić information content (AvgIpc) is 2.68. The highest BCUT2D eigenvalue weighted by molar-refractivity contribution is 14.0. The smallest absolute Gasteiger partial charge is 0.493 e. The Hall–Kier alpha value is -2.51. The molecule has 0 bridgehead atoms. The number of nitrogens with one attached hydrogen (secondary N) is 2. The van der Waals surface area contributed by atoms with Gasteiger partial charge in [0.2, 0.25) is 0 Å². The van der Waals surface area contributed by atoms with Crippen molar-refractivity contribution in [3.63, 3.8) is 0 Å². The molecule has 12 heteroatoms. The second kappa shape index (κ2) is 12.4. The van der Waals surface area contributed by atoms with Gasteiger partial charge in [-0.1, -0.05) is 24.3 Å². The van der Waals surface area contributed by atoms with Gasteiger partial charge < -0.3 is 24.8 Å². The zero-order valence-electron chi connectivity index (χ0n) is 16.5. The van der Waals surface area contributed by atoms with Gasteiger partial charge in [0.1, 0.15) is 5.75 Å². The summed E-state index contributed by atoms with van der Waals surface area (Å²) < 4.78 is 76.0. The van der Waals surface area contributed by atoms with E-state index < -0.39 is 13.0 Å². The standard InChI is InChI=1S/C19H20F5N3O3.HI/c1-25-18(27-11-13-5-3-4-6-14(13)30-19(22,23)24)26-10-12-7-8-15(28-2)16(9-12)29-17(20)21;/h3-9,17H,10-11H2,1-2H3,(H2,25,26,27);1H. The molecule has 0 saturated heterocycles. The van der Waals surface area contributed by atoms with E-state index in [2.05, 4.69) is 25.1 Å². The van der Waals surface area contributed by atoms with E-state index in [9.17, 15) is 22.0 Å². The van der Waals surface area contributed by atoms with Crippen LogP contribution in [0.4, 0.5) is 22.0 Å². The summed E-state index contributed by atoms with van der Waals surface area (Å²) in [5.41, 5.74) is 0.866. The SMILES string of the molecule is CN=C(NCc1ccc(OC)c(OC(F)F)c1)NCc1ccccc1OC(F)(F)F.I. The minimum atomic E-state index is -4.80. The summed E-state index contributed by atoms with van der Waals surface area (Å²) in [4.78, 5) is 3.98. The molecule has 172 valence electrons. The summed E-state index contributed by atoms with van der Waals surface area (Å²) in [5.74, 6) is -0.00310. The van der Waals surface area contributed by atoms with Crippen LogP contribution >= 0.6 is 24.0 Å². The normalized spacial score (nSPS) is 11.5. The van der Waals surface area contributed by atoms with Gasteiger partial charge in [-0.25, -0.2) is 0 Å². The number of rotatable bonds is 8. The predicted molar refractivity (Wildman–Crippen MR) is 115 cm³/mol. The largest absolute Gasteiger partial charge is 0.573 e. The molecule has 0 aliphatic heterocycles. The number of ether oxygens (including phenoxy) is 3. The molecule has 2 rings (SSSR count). The van der Waals surface area contributed by atoms with Crippen molar-refractivity contribution in [2.24, 2.45) is 4.99 Å². The second-order valence-corrected chi connectivity index (χ2v) is 5.80. The topological polar surface area (TPSA) is 64.1 Å². The quantitative estimate of drug-likeness (QED) is 0.212. The van der Waals surface area contributed by atoms with Crippen LogP contribution in [-0.2, 0) is 13.1 Å². The Morgan fingerprint density at radius 1 is 1.00 bits per heavy atom. The molecule has 0 atom stereocenters. The highest BCUT2D eigenvalue weighted by Gasteiger charge is 2.31. The molecule has 31 heavy (non-hydrogen) atoms. The van der Waals surface area contributed by atoms with E-state index in [4.69, 9.17) is 4.74 Å². The van der Waals surface area contributed by atoms with Crippen LogP contribution in [0.5, 0.6) is 17.2 Å². The number of para-hydroxylation sites is 1. The molecule has 2 N–H and O–H groups in total. The number of methoxy groups -OCH3 is 1. The fraction of sp³-hybridized carbons (Fsp3) is 0.316. The number of hydrogen-bond acceptors (Lipinski definition) is 4. The Morgan fingerprint density at radius 3 is 2.29 bits per heavy atom. The van der Waals surface area contributed by atoms with Gasteiger partial charge in [-0.05, 0) is 23.8 Å². The van der Waals surface area contributed by atoms with Crippen LogP contribution in [0.25, 0.3) is 0 Å². The van der Waals surface area contributed by atoms with Crippen molar-refractivity contribution in [1.82, 2.24) is 10.6 Å². The Labute approximate surface area is 192 Å². The predicted octanol–water partition coefficient (Wildman–Crippen LogP) is 4.68. The molecule has 0 aromatic heterocycles. The van der Waals surface area contributed by atoms with E-state index in [0.29, 0.717) is 5.56 Å². The molecule has 0 spiro atoms. The van der Waals surface area contributed by atoms with E-state index in [-0.39, 0.29) is 65.8 Å². The summed E-state index contributed by atoms with van der Waals surface area (Å²) >= 11 is 0. The van der Waals surface area contributed by atoms with Gasteiger partial charge in [0.15, 0.2) is 17.5 Å². The van der Waals surface area contributed by atoms with Gasteiger partial charge >= 0.3 is 13.0 Å². The molecular formula is C19H21F5IN3O3. The maximum Gasteiger partial charge on any atom is 0.573 e. The minimum Gasteiger partial charge on any atom is -0.493 e. The molecule has 0 saturated carbocycles. The number of nitrogens with zero attached hydrogens (tertiary/aromatic N) is 1. The van der Waals surface area contributed by atoms with Crippen molar-refractivity contribution in [1.29, 1.82) is 0 Å². The van der Waals surface area contributed by atoms with Crippen molar-refractivity contribution in [3.8, 4) is 17.2 Å². The Morgan fingerprint density at radius 2 is 1.68 bits per heavy atom. The lowest BCUT2D eigenvalue weighted by molar-refractivity contribution is -0.274. The lowest BCUT2D eigenvalue weighted by Crippen LogP contribution is -2.36. The van der Waals surface area contributed by atoms with Crippen molar-refractivity contribution in [2.75, 3.05) is 14.2 Å². The van der Waals surface area contributed by atoms with Crippen LogP contribution in [0.3, 0.4) is 0 Å². The number of aliphatic imine (C=N–C) groups is 1. The van der Waals surface area contributed by atoms with Gasteiger partial charge in [-0.15, -0.1) is 37.1 Å². The van der Waals surface area contributed by atoms with Gasteiger partial charge in [0, 0.05) is 25.7 Å². The fourth-order valence-electron chi connectivity index (χ4n) is 2.48. The molecular weight excluding hydrogens is 540 g/mol. The summed E-state index contributed by atoms with van der Waals surface area (Å²) in [7, 11) is 2.81. The van der Waals surface area contributed by atoms with Gasteiger partial charge in [0.25, 0.3) is 0 Å². The van der Waals surface area contributed by atoms with Crippen LogP contribution in [0, 0.1) is 0 Å². The summed E-state index contributed by atoms with van der Waals surface area (Å²) in [6.07, 6.45) is -4.80. The van der Waals surface area contributed by atoms with Crippen LogP contribution in [0.1, 0.15) is 11.1 Å². The third-order valence-electron chi connectivity index (χ3n) is 3.77. The highest BCUT2D eigenvalue weighted by Crippen LogP contribution is 2.29. The third kappa shape index (κ3) is 9.02. The van der Waals surface area contributed by atoms with E-state index in [0.717, 1.165) is 0 Å². The summed E-state index contributed by atoms with van der Waals surface area (Å²) in [6.45, 7) is -2.81. The van der Waals surface area contributed by atoms with Gasteiger partial charge in [-0.3, -0.25) is 4.99 Å². The summed E-state index contributed by atoms with van der Waals surface area (Å²) in [5, 5.41) is 5.80. The average molecular weight is 561 g/mol. The minimum absolute atomic E-state index is 0. The molecule has 6 nitrogen and oxygen atoms in total. The van der Waals surface area contributed by atoms with E-state index in [1.807, 2.05) is 0 Å². The van der Waals surface area contributed by atoms with Crippen LogP contribution in [0.15, 0.2) is 47.5 Å². The second-order valence-electron chi connectivity index (χ2n) is 5.80. The molecule has 2 aromatic rings. The Balaban J connectivity index is 0.00000480. The lowest BCUT2D eigenvalue weighted by Gasteiger charge is -2.16. The van der Waals surface area contributed by atoms with Crippen molar-refractivity contribution in [2.45, 2.75) is 26.1 Å². The van der Waals surface area contributed by atoms with E-state index >= 15 is 0 Å². The van der Waals surface area contributed by atoms with Gasteiger partial charge in [-0.2, -0.15) is 8.78 Å². The first kappa shape index (κ1) is 26.5. The number of alkyl halides is 5. The van der Waals surface area contributed by atoms with Crippen LogP contribution in [-0.4, -0.2) is 33.1 Å².